The van der Waals surface area contributed by atoms with Gasteiger partial charge in [-0.3, -0.25) is 4.79 Å². The van der Waals surface area contributed by atoms with Crippen LogP contribution in [0.25, 0.3) is 0 Å². The summed E-state index contributed by atoms with van der Waals surface area (Å²) in [6.45, 7) is 2.69. The van der Waals surface area contributed by atoms with Gasteiger partial charge in [-0.25, -0.2) is 4.79 Å². The summed E-state index contributed by atoms with van der Waals surface area (Å²) in [6, 6.07) is 5.33. The van der Waals surface area contributed by atoms with Gasteiger partial charge in [-0.05, 0) is 37.5 Å². The van der Waals surface area contributed by atoms with Crippen LogP contribution in [0.3, 0.4) is 0 Å². The third kappa shape index (κ3) is 3.72. The lowest BCUT2D eigenvalue weighted by Crippen LogP contribution is -2.41. The maximum absolute atomic E-state index is 12.5. The van der Waals surface area contributed by atoms with Gasteiger partial charge in [-0.15, -0.1) is 0 Å². The Bertz CT molecular complexity index is 536. The molecule has 1 saturated heterocycles. The smallest absolute Gasteiger partial charge is 0.329 e. The van der Waals surface area contributed by atoms with E-state index in [-0.39, 0.29) is 18.6 Å². The van der Waals surface area contributed by atoms with Crippen LogP contribution in [0.4, 0.5) is 5.69 Å². The number of benzene rings is 1. The second-order valence-electron chi connectivity index (χ2n) is 5.22. The van der Waals surface area contributed by atoms with Crippen LogP contribution in [0.2, 0.25) is 0 Å². The molecule has 0 radical (unpaired) electrons. The Morgan fingerprint density at radius 3 is 2.67 bits per heavy atom. The predicted octanol–water partition coefficient (Wildman–Crippen LogP) is 1.28. The highest BCUT2D eigenvalue weighted by atomic mass is 16.5. The molecule has 1 aromatic carbocycles. The molecule has 21 heavy (non-hydrogen) atoms. The Morgan fingerprint density at radius 1 is 1.38 bits per heavy atom. The summed E-state index contributed by atoms with van der Waals surface area (Å²) < 4.78 is 5.26. The Labute approximate surface area is 123 Å². The first-order chi connectivity index (χ1) is 9.99. The first-order valence-corrected chi connectivity index (χ1v) is 6.97. The molecule has 114 valence electrons. The summed E-state index contributed by atoms with van der Waals surface area (Å²) in [5.41, 5.74) is 7.87. The van der Waals surface area contributed by atoms with Crippen LogP contribution in [0.5, 0.6) is 0 Å². The summed E-state index contributed by atoms with van der Waals surface area (Å²) >= 11 is 0. The number of carboxylic acids is 1. The highest BCUT2D eigenvalue weighted by Gasteiger charge is 2.25. The van der Waals surface area contributed by atoms with Gasteiger partial charge in [0.2, 0.25) is 0 Å². The van der Waals surface area contributed by atoms with E-state index < -0.39 is 5.97 Å². The lowest BCUT2D eigenvalue weighted by atomic mass is 10.0. The molecule has 0 bridgehead atoms. The molecule has 1 amide bonds. The molecule has 1 aliphatic rings. The standard InChI is InChI=1S/C15H20N2O4/c1-10-12(3-2-4-13(10)16)15(20)17-7-5-11(6-8-17)21-9-14(18)19/h2-4,11H,5-9,16H2,1H3,(H,18,19). The molecule has 3 N–H and O–H groups in total. The second kappa shape index (κ2) is 6.58. The molecule has 0 aromatic heterocycles. The molecule has 6 heteroatoms. The number of hydrogen-bond donors (Lipinski definition) is 2. The lowest BCUT2D eigenvalue weighted by Gasteiger charge is -2.32. The van der Waals surface area contributed by atoms with Crippen molar-refractivity contribution >= 4 is 17.6 Å². The molecular formula is C15H20N2O4. The molecule has 0 atom stereocenters. The van der Waals surface area contributed by atoms with Gasteiger partial charge in [0, 0.05) is 24.3 Å². The van der Waals surface area contributed by atoms with E-state index in [4.69, 9.17) is 15.6 Å². The van der Waals surface area contributed by atoms with Gasteiger partial charge in [0.1, 0.15) is 6.61 Å². The average molecular weight is 292 g/mol. The monoisotopic (exact) mass is 292 g/mol. The maximum atomic E-state index is 12.5. The van der Waals surface area contributed by atoms with Gasteiger partial charge in [0.25, 0.3) is 5.91 Å². The summed E-state index contributed by atoms with van der Waals surface area (Å²) in [4.78, 5) is 24.7. The molecule has 2 rings (SSSR count). The molecule has 0 spiro atoms. The maximum Gasteiger partial charge on any atom is 0.329 e. The van der Waals surface area contributed by atoms with Crippen LogP contribution in [0.1, 0.15) is 28.8 Å². The fourth-order valence-electron chi connectivity index (χ4n) is 2.47. The number of nitrogens with zero attached hydrogens (tertiary/aromatic N) is 1. The zero-order valence-corrected chi connectivity index (χ0v) is 12.0. The van der Waals surface area contributed by atoms with Crippen molar-refractivity contribution in [2.75, 3.05) is 25.4 Å². The molecule has 1 fully saturated rings. The Hall–Kier alpha value is -2.08. The minimum atomic E-state index is -0.969. The number of nitrogen functional groups attached to an aromatic ring is 1. The van der Waals surface area contributed by atoms with Crippen molar-refractivity contribution in [2.45, 2.75) is 25.9 Å². The van der Waals surface area contributed by atoms with Crippen LogP contribution in [-0.2, 0) is 9.53 Å². The topological polar surface area (TPSA) is 92.9 Å². The van der Waals surface area contributed by atoms with Crippen molar-refractivity contribution in [3.8, 4) is 0 Å². The van der Waals surface area contributed by atoms with E-state index in [9.17, 15) is 9.59 Å². The minimum Gasteiger partial charge on any atom is -0.480 e. The van der Waals surface area contributed by atoms with E-state index in [1.807, 2.05) is 6.92 Å². The molecule has 0 unspecified atom stereocenters. The van der Waals surface area contributed by atoms with Gasteiger partial charge >= 0.3 is 5.97 Å². The number of carboxylic acid groups (broad SMARTS) is 1. The number of anilines is 1. The molecule has 6 nitrogen and oxygen atoms in total. The van der Waals surface area contributed by atoms with Gasteiger partial charge < -0.3 is 20.5 Å². The minimum absolute atomic E-state index is 0.0310. The SMILES string of the molecule is Cc1c(N)cccc1C(=O)N1CCC(OCC(=O)O)CC1. The van der Waals surface area contributed by atoms with Crippen LogP contribution in [0, 0.1) is 6.92 Å². The quantitative estimate of drug-likeness (QED) is 0.816. The van der Waals surface area contributed by atoms with Crippen molar-refractivity contribution < 1.29 is 19.4 Å². The fraction of sp³-hybridized carbons (Fsp3) is 0.467. The third-order valence-electron chi connectivity index (χ3n) is 3.78. The van der Waals surface area contributed by atoms with E-state index >= 15 is 0 Å². The zero-order chi connectivity index (χ0) is 15.4. The van der Waals surface area contributed by atoms with E-state index in [0.29, 0.717) is 37.2 Å². The summed E-state index contributed by atoms with van der Waals surface area (Å²) in [7, 11) is 0. The van der Waals surface area contributed by atoms with E-state index in [0.717, 1.165) is 5.56 Å². The third-order valence-corrected chi connectivity index (χ3v) is 3.78. The number of piperidine rings is 1. The lowest BCUT2D eigenvalue weighted by molar-refractivity contribution is -0.145. The van der Waals surface area contributed by atoms with Crippen molar-refractivity contribution in [3.63, 3.8) is 0 Å². The summed E-state index contributed by atoms with van der Waals surface area (Å²) in [6.07, 6.45) is 1.22. The second-order valence-corrected chi connectivity index (χ2v) is 5.22. The Morgan fingerprint density at radius 2 is 2.05 bits per heavy atom. The number of likely N-dealkylation sites (tertiary alicyclic amines) is 1. The molecule has 1 aliphatic heterocycles. The number of rotatable bonds is 4. The zero-order valence-electron chi connectivity index (χ0n) is 12.0. The molecule has 0 saturated carbocycles. The number of amides is 1. The van der Waals surface area contributed by atoms with E-state index in [2.05, 4.69) is 0 Å². The van der Waals surface area contributed by atoms with Gasteiger partial charge in [0.15, 0.2) is 0 Å². The van der Waals surface area contributed by atoms with Gasteiger partial charge in [0.05, 0.1) is 6.10 Å². The Balaban J connectivity index is 1.94. The summed E-state index contributed by atoms with van der Waals surface area (Å²) in [5, 5.41) is 8.59. The largest absolute Gasteiger partial charge is 0.480 e. The first-order valence-electron chi connectivity index (χ1n) is 6.97. The van der Waals surface area contributed by atoms with E-state index in [1.54, 1.807) is 23.1 Å². The fourth-order valence-corrected chi connectivity index (χ4v) is 2.47. The number of carbonyl (C=O) groups excluding carboxylic acids is 1. The van der Waals surface area contributed by atoms with Crippen molar-refractivity contribution in [3.05, 3.63) is 29.3 Å². The first kappa shape index (κ1) is 15.3. The number of carbonyl (C=O) groups is 2. The van der Waals surface area contributed by atoms with Crippen LogP contribution >= 0.6 is 0 Å². The van der Waals surface area contributed by atoms with E-state index in [1.165, 1.54) is 0 Å². The van der Waals surface area contributed by atoms with Crippen LogP contribution in [0.15, 0.2) is 18.2 Å². The molecule has 1 heterocycles. The van der Waals surface area contributed by atoms with Crippen molar-refractivity contribution in [1.82, 2.24) is 4.90 Å². The Kier molecular flexibility index (Phi) is 4.80. The molecule has 1 aromatic rings. The number of hydrogen-bond acceptors (Lipinski definition) is 4. The predicted molar refractivity (Wildman–Crippen MR) is 78.1 cm³/mol. The molecular weight excluding hydrogens is 272 g/mol. The average Bonchev–Trinajstić information content (AvgIpc) is 2.48. The van der Waals surface area contributed by atoms with Gasteiger partial charge in [-0.1, -0.05) is 6.07 Å². The number of ether oxygens (including phenoxy) is 1. The van der Waals surface area contributed by atoms with Gasteiger partial charge in [-0.2, -0.15) is 0 Å². The van der Waals surface area contributed by atoms with Crippen molar-refractivity contribution in [1.29, 1.82) is 0 Å². The normalized spacial score (nSPS) is 16.0. The highest BCUT2D eigenvalue weighted by molar-refractivity contribution is 5.97. The highest BCUT2D eigenvalue weighted by Crippen LogP contribution is 2.20. The van der Waals surface area contributed by atoms with Crippen molar-refractivity contribution in [2.24, 2.45) is 0 Å². The van der Waals surface area contributed by atoms with Crippen LogP contribution in [-0.4, -0.2) is 47.7 Å². The molecule has 0 aliphatic carbocycles. The number of nitrogens with two attached hydrogens (primary N) is 1. The summed E-state index contributed by atoms with van der Waals surface area (Å²) in [5.74, 6) is -1.000. The number of aliphatic carboxylic acids is 1. The van der Waals surface area contributed by atoms with Crippen LogP contribution < -0.4 is 5.73 Å².